The van der Waals surface area contributed by atoms with E-state index < -0.39 is 61.2 Å². The summed E-state index contributed by atoms with van der Waals surface area (Å²) in [6.07, 6.45) is 0. The topological polar surface area (TPSA) is 86.6 Å². The minimum atomic E-state index is -5.22. The highest BCUT2D eigenvalue weighted by Gasteiger charge is 2.33. The fourth-order valence-corrected chi connectivity index (χ4v) is 3.03. The predicted molar refractivity (Wildman–Crippen MR) is 71.5 cm³/mol. The Morgan fingerprint density at radius 3 is 1.79 bits per heavy atom. The number of rotatable bonds is 3. The molecule has 5 nitrogen and oxygen atoms in total. The van der Waals surface area contributed by atoms with Crippen molar-refractivity contribution >= 4 is 15.7 Å². The molecular weight excluding hydrogens is 361 g/mol. The Labute approximate surface area is 132 Å². The maximum absolute atomic E-state index is 13.6. The highest BCUT2D eigenvalue weighted by Crippen LogP contribution is 2.34. The van der Waals surface area contributed by atoms with Crippen molar-refractivity contribution in [3.8, 4) is 11.5 Å². The number of halogens is 5. The largest absolute Gasteiger partial charge is 0.504 e. The summed E-state index contributed by atoms with van der Waals surface area (Å²) >= 11 is 0. The first kappa shape index (κ1) is 17.8. The molecule has 0 aliphatic heterocycles. The van der Waals surface area contributed by atoms with Gasteiger partial charge in [0.25, 0.3) is 10.0 Å². The van der Waals surface area contributed by atoms with E-state index in [1.54, 1.807) is 4.72 Å². The fourth-order valence-electron chi connectivity index (χ4n) is 1.85. The maximum Gasteiger partial charge on any atom is 0.267 e. The van der Waals surface area contributed by atoms with E-state index >= 15 is 0 Å². The maximum atomic E-state index is 13.6. The van der Waals surface area contributed by atoms with Gasteiger partial charge < -0.3 is 10.2 Å². The van der Waals surface area contributed by atoms with Gasteiger partial charge in [0.15, 0.2) is 39.7 Å². The van der Waals surface area contributed by atoms with Crippen molar-refractivity contribution in [1.29, 1.82) is 0 Å². The molecule has 130 valence electrons. The van der Waals surface area contributed by atoms with Crippen LogP contribution >= 0.6 is 0 Å². The summed E-state index contributed by atoms with van der Waals surface area (Å²) in [7, 11) is -5.22. The Morgan fingerprint density at radius 1 is 0.875 bits per heavy atom. The Morgan fingerprint density at radius 2 is 1.33 bits per heavy atom. The summed E-state index contributed by atoms with van der Waals surface area (Å²) in [5.41, 5.74) is -0.475. The molecule has 0 atom stereocenters. The van der Waals surface area contributed by atoms with Gasteiger partial charge in [0.1, 0.15) is 0 Å². The number of nitrogens with one attached hydrogen (secondary N) is 1. The van der Waals surface area contributed by atoms with Crippen LogP contribution in [-0.4, -0.2) is 18.6 Å². The molecule has 2 rings (SSSR count). The number of aryl methyl sites for hydroxylation is 1. The van der Waals surface area contributed by atoms with E-state index in [1.165, 1.54) is 6.92 Å². The van der Waals surface area contributed by atoms with Crippen LogP contribution in [0.15, 0.2) is 17.0 Å². The summed E-state index contributed by atoms with van der Waals surface area (Å²) in [6.45, 7) is 1.27. The minimum absolute atomic E-state index is 0.00916. The van der Waals surface area contributed by atoms with Gasteiger partial charge in [-0.25, -0.2) is 30.4 Å². The van der Waals surface area contributed by atoms with Crippen LogP contribution in [0.25, 0.3) is 0 Å². The first-order chi connectivity index (χ1) is 11.0. The normalized spacial score (nSPS) is 11.6. The Hall–Kier alpha value is -2.56. The molecule has 0 fully saturated rings. The van der Waals surface area contributed by atoms with Crippen LogP contribution in [0.5, 0.6) is 11.5 Å². The number of phenolic OH excluding ortho intramolecular Hbond substituents is 2. The van der Waals surface area contributed by atoms with Crippen LogP contribution in [-0.2, 0) is 10.0 Å². The van der Waals surface area contributed by atoms with Crippen LogP contribution in [0.4, 0.5) is 27.6 Å². The Balaban J connectivity index is 2.61. The monoisotopic (exact) mass is 369 g/mol. The third-order valence-electron chi connectivity index (χ3n) is 2.97. The van der Waals surface area contributed by atoms with Gasteiger partial charge in [-0.2, -0.15) is 0 Å². The first-order valence-corrected chi connectivity index (χ1v) is 7.52. The zero-order chi connectivity index (χ0) is 18.4. The van der Waals surface area contributed by atoms with Gasteiger partial charge in [0.05, 0.1) is 5.69 Å². The molecule has 24 heavy (non-hydrogen) atoms. The van der Waals surface area contributed by atoms with Gasteiger partial charge in [-0.05, 0) is 18.6 Å². The molecule has 0 aliphatic rings. The second-order valence-corrected chi connectivity index (χ2v) is 6.28. The molecule has 11 heteroatoms. The molecule has 0 saturated carbocycles. The van der Waals surface area contributed by atoms with E-state index in [9.17, 15) is 40.6 Å². The van der Waals surface area contributed by atoms with Crippen molar-refractivity contribution in [3.05, 3.63) is 46.8 Å². The van der Waals surface area contributed by atoms with E-state index in [4.69, 9.17) is 0 Å². The van der Waals surface area contributed by atoms with Crippen LogP contribution in [0.3, 0.4) is 0 Å². The minimum Gasteiger partial charge on any atom is -0.504 e. The van der Waals surface area contributed by atoms with Crippen LogP contribution in [0.2, 0.25) is 0 Å². The summed E-state index contributed by atoms with van der Waals surface area (Å²) in [6, 6.07) is 1.66. The van der Waals surface area contributed by atoms with Crippen molar-refractivity contribution < 1.29 is 40.6 Å². The van der Waals surface area contributed by atoms with Crippen molar-refractivity contribution in [2.24, 2.45) is 0 Å². The lowest BCUT2D eigenvalue weighted by Crippen LogP contribution is -2.19. The zero-order valence-electron chi connectivity index (χ0n) is 11.7. The fraction of sp³-hybridized carbons (Fsp3) is 0.0769. The third-order valence-corrected chi connectivity index (χ3v) is 4.37. The lowest BCUT2D eigenvalue weighted by Gasteiger charge is -2.12. The van der Waals surface area contributed by atoms with Crippen molar-refractivity contribution in [1.82, 2.24) is 0 Å². The van der Waals surface area contributed by atoms with Gasteiger partial charge in [-0.3, -0.25) is 4.72 Å². The molecule has 0 unspecified atom stereocenters. The first-order valence-electron chi connectivity index (χ1n) is 6.04. The van der Waals surface area contributed by atoms with Crippen molar-refractivity contribution in [2.75, 3.05) is 4.72 Å². The smallest absolute Gasteiger partial charge is 0.267 e. The standard InChI is InChI=1S/C13H8F5NO4S/c1-4-2-5(3-6(20)12(4)21)19-24(22,23)13-10(17)8(15)7(14)9(16)11(13)18/h2-3,19-21H,1H3. The number of benzene rings is 2. The number of sulfonamides is 1. The number of hydrogen-bond donors (Lipinski definition) is 3. The van der Waals surface area contributed by atoms with E-state index in [0.717, 1.165) is 6.07 Å². The molecule has 2 aromatic rings. The van der Waals surface area contributed by atoms with E-state index in [2.05, 4.69) is 0 Å². The van der Waals surface area contributed by atoms with E-state index in [0.29, 0.717) is 6.07 Å². The lowest BCUT2D eigenvalue weighted by atomic mass is 10.2. The molecule has 0 aromatic heterocycles. The van der Waals surface area contributed by atoms with Gasteiger partial charge in [-0.15, -0.1) is 0 Å². The Kier molecular flexibility index (Phi) is 4.31. The molecule has 0 aliphatic carbocycles. The average molecular weight is 369 g/mol. The van der Waals surface area contributed by atoms with E-state index in [-0.39, 0.29) is 5.56 Å². The van der Waals surface area contributed by atoms with Crippen molar-refractivity contribution in [2.45, 2.75) is 11.8 Å². The molecular formula is C13H8F5NO4S. The summed E-state index contributed by atoms with van der Waals surface area (Å²) in [4.78, 5) is -2.07. The molecule has 0 spiro atoms. The van der Waals surface area contributed by atoms with Gasteiger partial charge in [0.2, 0.25) is 5.82 Å². The quantitative estimate of drug-likeness (QED) is 0.255. The molecule has 0 heterocycles. The van der Waals surface area contributed by atoms with E-state index in [1.807, 2.05) is 0 Å². The highest BCUT2D eigenvalue weighted by atomic mass is 32.2. The highest BCUT2D eigenvalue weighted by molar-refractivity contribution is 7.92. The molecule has 2 aromatic carbocycles. The predicted octanol–water partition coefficient (Wildman–Crippen LogP) is 2.90. The van der Waals surface area contributed by atoms with Crippen molar-refractivity contribution in [3.63, 3.8) is 0 Å². The second-order valence-electron chi connectivity index (χ2n) is 4.67. The lowest BCUT2D eigenvalue weighted by molar-refractivity contribution is 0.358. The molecule has 0 amide bonds. The number of hydrogen-bond acceptors (Lipinski definition) is 4. The number of aromatic hydroxyl groups is 2. The second kappa shape index (κ2) is 5.82. The van der Waals surface area contributed by atoms with Crippen LogP contribution in [0.1, 0.15) is 5.56 Å². The average Bonchev–Trinajstić information content (AvgIpc) is 2.48. The van der Waals surface area contributed by atoms with Gasteiger partial charge >= 0.3 is 0 Å². The number of anilines is 1. The van der Waals surface area contributed by atoms with Crippen LogP contribution < -0.4 is 4.72 Å². The van der Waals surface area contributed by atoms with Gasteiger partial charge in [-0.1, -0.05) is 0 Å². The summed E-state index contributed by atoms with van der Waals surface area (Å²) in [5, 5.41) is 18.7. The SMILES string of the molecule is Cc1cc(NS(=O)(=O)c2c(F)c(F)c(F)c(F)c2F)cc(O)c1O. The van der Waals surface area contributed by atoms with Gasteiger partial charge in [0, 0.05) is 6.07 Å². The third kappa shape index (κ3) is 2.82. The molecule has 0 radical (unpaired) electrons. The zero-order valence-corrected chi connectivity index (χ0v) is 12.5. The van der Waals surface area contributed by atoms with Crippen LogP contribution in [0, 0.1) is 36.0 Å². The number of phenols is 2. The Bertz CT molecular complexity index is 894. The summed E-state index contributed by atoms with van der Waals surface area (Å²) < 4.78 is 91.9. The molecule has 0 saturated heterocycles. The molecule has 0 bridgehead atoms. The summed E-state index contributed by atoms with van der Waals surface area (Å²) in [5.74, 6) is -13.7. The molecule has 3 N–H and O–H groups in total.